The van der Waals surface area contributed by atoms with Crippen LogP contribution in [0.25, 0.3) is 0 Å². The highest BCUT2D eigenvalue weighted by Gasteiger charge is 2.40. The Morgan fingerprint density at radius 3 is 2.56 bits per heavy atom. The maximum absolute atomic E-state index is 12.6. The van der Waals surface area contributed by atoms with Crippen molar-refractivity contribution in [3.05, 3.63) is 54.1 Å². The third kappa shape index (κ3) is 4.31. The topological polar surface area (TPSA) is 75.7 Å². The second-order valence-electron chi connectivity index (χ2n) is 6.13. The minimum atomic E-state index is -0.543. The average molecular weight is 384 g/mol. The molecule has 1 aliphatic heterocycles. The smallest absolute Gasteiger partial charge is 0.247 e. The molecule has 3 amide bonds. The van der Waals surface area contributed by atoms with E-state index < -0.39 is 5.25 Å². The zero-order valence-electron chi connectivity index (χ0n) is 15.1. The lowest BCUT2D eigenvalue weighted by Crippen LogP contribution is -2.32. The van der Waals surface area contributed by atoms with E-state index in [2.05, 4.69) is 5.32 Å². The van der Waals surface area contributed by atoms with Gasteiger partial charge in [0.15, 0.2) is 0 Å². The van der Waals surface area contributed by atoms with E-state index >= 15 is 0 Å². The van der Waals surface area contributed by atoms with E-state index in [4.69, 9.17) is 4.74 Å². The molecule has 0 bridgehead atoms. The van der Waals surface area contributed by atoms with Crippen molar-refractivity contribution in [3.63, 3.8) is 0 Å². The standard InChI is InChI=1S/C20H20N2O4S/c1-13-5-3-4-6-16(13)22-19(24)11-17(20(22)25)27-12-18(23)21-14-7-9-15(26-2)10-8-14/h3-10,17H,11-12H2,1-2H3,(H,21,23)/t17-/m0/s1. The van der Waals surface area contributed by atoms with Gasteiger partial charge in [-0.3, -0.25) is 14.4 Å². The van der Waals surface area contributed by atoms with Crippen molar-refractivity contribution in [1.29, 1.82) is 0 Å². The summed E-state index contributed by atoms with van der Waals surface area (Å²) in [6.07, 6.45) is 0.105. The van der Waals surface area contributed by atoms with Gasteiger partial charge in [0.2, 0.25) is 17.7 Å². The number of ether oxygens (including phenoxy) is 1. The molecule has 140 valence electrons. The number of nitrogens with zero attached hydrogens (tertiary/aromatic N) is 1. The van der Waals surface area contributed by atoms with Crippen molar-refractivity contribution >= 4 is 40.9 Å². The van der Waals surface area contributed by atoms with Crippen molar-refractivity contribution in [2.24, 2.45) is 0 Å². The van der Waals surface area contributed by atoms with Crippen LogP contribution in [0, 0.1) is 6.92 Å². The fraction of sp³-hybridized carbons (Fsp3) is 0.250. The number of para-hydroxylation sites is 1. The van der Waals surface area contributed by atoms with E-state index in [1.165, 1.54) is 16.7 Å². The van der Waals surface area contributed by atoms with Crippen molar-refractivity contribution in [2.45, 2.75) is 18.6 Å². The van der Waals surface area contributed by atoms with Gasteiger partial charge in [0.05, 0.1) is 23.8 Å². The third-order valence-electron chi connectivity index (χ3n) is 4.25. The van der Waals surface area contributed by atoms with Gasteiger partial charge in [-0.15, -0.1) is 11.8 Å². The molecule has 2 aromatic carbocycles. The molecule has 0 aromatic heterocycles. The maximum atomic E-state index is 12.6. The molecule has 1 atom stereocenters. The van der Waals surface area contributed by atoms with Crippen LogP contribution in [0.4, 0.5) is 11.4 Å². The fourth-order valence-electron chi connectivity index (χ4n) is 2.85. The Labute approximate surface area is 161 Å². The van der Waals surface area contributed by atoms with Gasteiger partial charge >= 0.3 is 0 Å². The van der Waals surface area contributed by atoms with Crippen LogP contribution in [0.15, 0.2) is 48.5 Å². The lowest BCUT2D eigenvalue weighted by molar-refractivity contribution is -0.121. The van der Waals surface area contributed by atoms with Crippen LogP contribution < -0.4 is 15.0 Å². The van der Waals surface area contributed by atoms with Crippen LogP contribution in [0.1, 0.15) is 12.0 Å². The Hall–Kier alpha value is -2.80. The van der Waals surface area contributed by atoms with Gasteiger partial charge in [-0.2, -0.15) is 0 Å². The van der Waals surface area contributed by atoms with Gasteiger partial charge < -0.3 is 10.1 Å². The van der Waals surface area contributed by atoms with Crippen LogP contribution in [0.2, 0.25) is 0 Å². The first-order valence-corrected chi connectivity index (χ1v) is 9.52. The molecule has 0 spiro atoms. The number of thioether (sulfide) groups is 1. The lowest BCUT2D eigenvalue weighted by Gasteiger charge is -2.17. The molecular formula is C20H20N2O4S. The number of carbonyl (C=O) groups is 3. The summed E-state index contributed by atoms with van der Waals surface area (Å²) in [7, 11) is 1.57. The average Bonchev–Trinajstić information content (AvgIpc) is 2.95. The molecular weight excluding hydrogens is 364 g/mol. The van der Waals surface area contributed by atoms with E-state index in [1.807, 2.05) is 19.1 Å². The van der Waals surface area contributed by atoms with Gasteiger partial charge in [-0.05, 0) is 42.8 Å². The van der Waals surface area contributed by atoms with Crippen LogP contribution in [0.5, 0.6) is 5.75 Å². The second kappa shape index (κ2) is 8.26. The Morgan fingerprint density at radius 2 is 1.89 bits per heavy atom. The number of methoxy groups -OCH3 is 1. The summed E-state index contributed by atoms with van der Waals surface area (Å²) in [6, 6.07) is 14.3. The molecule has 0 saturated carbocycles. The zero-order valence-corrected chi connectivity index (χ0v) is 15.9. The third-order valence-corrected chi connectivity index (χ3v) is 5.45. The normalized spacial score (nSPS) is 16.5. The first-order valence-electron chi connectivity index (χ1n) is 8.47. The molecule has 3 rings (SSSR count). The number of nitrogens with one attached hydrogen (secondary N) is 1. The number of benzene rings is 2. The molecule has 0 radical (unpaired) electrons. The van der Waals surface area contributed by atoms with Crippen molar-refractivity contribution in [1.82, 2.24) is 0 Å². The summed E-state index contributed by atoms with van der Waals surface area (Å²) in [5, 5.41) is 2.23. The summed E-state index contributed by atoms with van der Waals surface area (Å²) in [4.78, 5) is 38.3. The minimum absolute atomic E-state index is 0.0946. The number of rotatable bonds is 6. The van der Waals surface area contributed by atoms with E-state index in [1.54, 1.807) is 43.5 Å². The highest BCUT2D eigenvalue weighted by atomic mass is 32.2. The molecule has 0 aliphatic carbocycles. The van der Waals surface area contributed by atoms with Gasteiger partial charge in [0.25, 0.3) is 0 Å². The summed E-state index contributed by atoms with van der Waals surface area (Å²) in [6.45, 7) is 1.86. The Balaban J connectivity index is 1.58. The monoisotopic (exact) mass is 384 g/mol. The minimum Gasteiger partial charge on any atom is -0.497 e. The molecule has 0 unspecified atom stereocenters. The number of anilines is 2. The predicted octanol–water partition coefficient (Wildman–Crippen LogP) is 3.01. The number of hydrogen-bond acceptors (Lipinski definition) is 5. The summed E-state index contributed by atoms with van der Waals surface area (Å²) in [5.74, 6) is 0.0736. The fourth-order valence-corrected chi connectivity index (χ4v) is 3.78. The molecule has 1 aliphatic rings. The quantitative estimate of drug-likeness (QED) is 0.775. The second-order valence-corrected chi connectivity index (χ2v) is 7.33. The molecule has 1 saturated heterocycles. The van der Waals surface area contributed by atoms with E-state index in [0.29, 0.717) is 17.1 Å². The van der Waals surface area contributed by atoms with E-state index in [0.717, 1.165) is 5.56 Å². The summed E-state index contributed by atoms with van der Waals surface area (Å²) < 4.78 is 5.08. The van der Waals surface area contributed by atoms with Crippen molar-refractivity contribution in [2.75, 3.05) is 23.1 Å². The van der Waals surface area contributed by atoms with Crippen molar-refractivity contribution < 1.29 is 19.1 Å². The van der Waals surface area contributed by atoms with Crippen LogP contribution in [-0.4, -0.2) is 35.8 Å². The number of amides is 3. The van der Waals surface area contributed by atoms with Gasteiger partial charge in [-0.25, -0.2) is 4.90 Å². The molecule has 2 aromatic rings. The van der Waals surface area contributed by atoms with Gasteiger partial charge in [0, 0.05) is 12.1 Å². The molecule has 6 nitrogen and oxygen atoms in total. The number of imide groups is 1. The predicted molar refractivity (Wildman–Crippen MR) is 106 cm³/mol. The highest BCUT2D eigenvalue weighted by molar-refractivity contribution is 8.01. The van der Waals surface area contributed by atoms with Crippen LogP contribution in [0.3, 0.4) is 0 Å². The molecule has 7 heteroatoms. The van der Waals surface area contributed by atoms with Crippen LogP contribution >= 0.6 is 11.8 Å². The Morgan fingerprint density at radius 1 is 1.19 bits per heavy atom. The largest absolute Gasteiger partial charge is 0.497 e. The van der Waals surface area contributed by atoms with Crippen molar-refractivity contribution in [3.8, 4) is 5.75 Å². The molecule has 1 fully saturated rings. The van der Waals surface area contributed by atoms with E-state index in [-0.39, 0.29) is 29.9 Å². The number of hydrogen-bond donors (Lipinski definition) is 1. The molecule has 1 heterocycles. The first kappa shape index (κ1) is 19.0. The van der Waals surface area contributed by atoms with Gasteiger partial charge in [0.1, 0.15) is 5.75 Å². The summed E-state index contributed by atoms with van der Waals surface area (Å²) in [5.41, 5.74) is 2.12. The summed E-state index contributed by atoms with van der Waals surface area (Å²) >= 11 is 1.19. The molecule has 1 N–H and O–H groups in total. The van der Waals surface area contributed by atoms with Gasteiger partial charge in [-0.1, -0.05) is 18.2 Å². The molecule has 27 heavy (non-hydrogen) atoms. The Kier molecular flexibility index (Phi) is 5.81. The number of aryl methyl sites for hydroxylation is 1. The maximum Gasteiger partial charge on any atom is 0.247 e. The lowest BCUT2D eigenvalue weighted by atomic mass is 10.2. The van der Waals surface area contributed by atoms with E-state index in [9.17, 15) is 14.4 Å². The number of carbonyl (C=O) groups excluding carboxylic acids is 3. The van der Waals surface area contributed by atoms with Crippen LogP contribution in [-0.2, 0) is 14.4 Å². The first-order chi connectivity index (χ1) is 13.0. The highest BCUT2D eigenvalue weighted by Crippen LogP contribution is 2.31. The SMILES string of the molecule is COc1ccc(NC(=O)CS[C@H]2CC(=O)N(c3ccccc3C)C2=O)cc1. The zero-order chi connectivity index (χ0) is 19.4. The Bertz CT molecular complexity index is 867.